The van der Waals surface area contributed by atoms with E-state index in [0.717, 1.165) is 91.2 Å². The molecule has 1 amide bonds. The maximum Gasteiger partial charge on any atom is 0.348 e. The average Bonchev–Trinajstić information content (AvgIpc) is 3.64. The molecule has 10 nitrogen and oxygen atoms in total. The van der Waals surface area contributed by atoms with Crippen LogP contribution in [0.25, 0.3) is 10.4 Å². The maximum absolute atomic E-state index is 14.0. The fraction of sp³-hybridized carbons (Fsp3) is 0.485. The number of aromatic nitrogens is 1. The van der Waals surface area contributed by atoms with Crippen LogP contribution in [0.1, 0.15) is 60.2 Å². The van der Waals surface area contributed by atoms with E-state index in [1.807, 2.05) is 31.2 Å². The zero-order valence-corrected chi connectivity index (χ0v) is 26.9. The molecule has 7 rings (SSSR count). The number of sulfonamides is 1. The first-order chi connectivity index (χ1) is 21.7. The van der Waals surface area contributed by atoms with Crippen LogP contribution in [0, 0.1) is 12.8 Å². The van der Waals surface area contributed by atoms with Gasteiger partial charge in [-0.05, 0) is 62.3 Å². The zero-order valence-electron chi connectivity index (χ0n) is 25.3. The summed E-state index contributed by atoms with van der Waals surface area (Å²) in [5, 5.41) is 10.2. The van der Waals surface area contributed by atoms with E-state index in [1.54, 1.807) is 23.1 Å². The number of hydrogen-bond acceptors (Lipinski definition) is 8. The number of fused-ring (bicyclic) bond motifs is 2. The minimum absolute atomic E-state index is 0.0505. The highest BCUT2D eigenvalue weighted by Gasteiger charge is 2.44. The lowest BCUT2D eigenvalue weighted by molar-refractivity contribution is -0.121. The van der Waals surface area contributed by atoms with Crippen molar-refractivity contribution in [3.63, 3.8) is 0 Å². The third-order valence-electron chi connectivity index (χ3n) is 9.73. The number of hydrogen-bond donors (Lipinski definition) is 1. The summed E-state index contributed by atoms with van der Waals surface area (Å²) in [5.74, 6) is -0.733. The number of aromatic carboxylic acids is 1. The molecule has 2 bridgehead atoms. The van der Waals surface area contributed by atoms with Gasteiger partial charge in [0.1, 0.15) is 15.6 Å². The molecule has 1 aromatic carbocycles. The van der Waals surface area contributed by atoms with Gasteiger partial charge in [0.25, 0.3) is 0 Å². The predicted molar refractivity (Wildman–Crippen MR) is 172 cm³/mol. The molecule has 0 radical (unpaired) electrons. The number of benzene rings is 1. The molecule has 238 valence electrons. The Kier molecular flexibility index (Phi) is 8.18. The number of aryl methyl sites for hydroxylation is 1. The number of morpholine rings is 1. The van der Waals surface area contributed by atoms with E-state index < -0.39 is 27.9 Å². The minimum Gasteiger partial charge on any atom is -0.477 e. The first kappa shape index (κ1) is 30.3. The molecule has 3 atom stereocenters. The molecule has 4 fully saturated rings. The number of amides is 1. The second kappa shape index (κ2) is 12.1. The molecule has 0 spiro atoms. The lowest BCUT2D eigenvalue weighted by atomic mass is 9.82. The molecule has 45 heavy (non-hydrogen) atoms. The summed E-state index contributed by atoms with van der Waals surface area (Å²) in [6.07, 6.45) is 8.63. The van der Waals surface area contributed by atoms with Crippen LogP contribution in [-0.4, -0.2) is 79.1 Å². The molecule has 1 saturated carbocycles. The maximum atomic E-state index is 14.0. The summed E-state index contributed by atoms with van der Waals surface area (Å²) in [6.45, 7) is 3.20. The predicted octanol–water partition coefficient (Wildman–Crippen LogP) is 5.17. The Labute approximate surface area is 267 Å². The second-order valence-electron chi connectivity index (χ2n) is 12.7. The Morgan fingerprint density at radius 2 is 1.69 bits per heavy atom. The van der Waals surface area contributed by atoms with Gasteiger partial charge in [-0.25, -0.2) is 18.2 Å². The standard InChI is InChI=1S/C33H38N4O6S2/c1-21-7-9-23(10-8-21)29-15-27(32(44-29)33(39)40)37-28(22-5-3-2-4-6-22)19-36(20-31(37)38)45(41,42)26-13-14-30(34-16-26)35-17-24-11-12-25(18-35)43-24/h7-10,13-16,22,24-25,28H,2-6,11-12,17-20H2,1H3,(H,39,40). The van der Waals surface area contributed by atoms with Gasteiger partial charge in [0.2, 0.25) is 15.9 Å². The van der Waals surface area contributed by atoms with E-state index in [2.05, 4.69) is 9.88 Å². The van der Waals surface area contributed by atoms with Gasteiger partial charge in [0.15, 0.2) is 0 Å². The SMILES string of the molecule is Cc1ccc(-c2cc(N3C(=O)CN(S(=O)(=O)c4ccc(N5CC6CCC(C5)O6)nc4)CC3C3CCCCC3)c(C(=O)O)s2)cc1. The Morgan fingerprint density at radius 3 is 2.33 bits per heavy atom. The van der Waals surface area contributed by atoms with Crippen molar-refractivity contribution in [2.75, 3.05) is 36.0 Å². The summed E-state index contributed by atoms with van der Waals surface area (Å²) >= 11 is 1.15. The summed E-state index contributed by atoms with van der Waals surface area (Å²) < 4.78 is 35.2. The van der Waals surface area contributed by atoms with E-state index in [0.29, 0.717) is 5.69 Å². The molecular formula is C33H38N4O6S2. The molecule has 12 heteroatoms. The number of carbonyl (C=O) groups excluding carboxylic acids is 1. The fourth-order valence-electron chi connectivity index (χ4n) is 7.38. The number of rotatable bonds is 7. The molecular weight excluding hydrogens is 613 g/mol. The first-order valence-corrected chi connectivity index (χ1v) is 18.1. The number of piperazine rings is 1. The summed E-state index contributed by atoms with van der Waals surface area (Å²) in [4.78, 5) is 35.7. The number of nitrogens with zero attached hydrogens (tertiary/aromatic N) is 4. The van der Waals surface area contributed by atoms with Gasteiger partial charge in [-0.1, -0.05) is 49.1 Å². The molecule has 1 aliphatic carbocycles. The topological polar surface area (TPSA) is 120 Å². The van der Waals surface area contributed by atoms with Crippen molar-refractivity contribution in [3.05, 3.63) is 59.1 Å². The van der Waals surface area contributed by atoms with Crippen molar-refractivity contribution in [3.8, 4) is 10.4 Å². The van der Waals surface area contributed by atoms with Crippen molar-refractivity contribution in [1.29, 1.82) is 0 Å². The smallest absolute Gasteiger partial charge is 0.348 e. The number of ether oxygens (including phenoxy) is 1. The minimum atomic E-state index is -4.03. The number of carboxylic acids is 1. The average molecular weight is 651 g/mol. The molecule has 5 heterocycles. The normalized spacial score (nSPS) is 24.7. The van der Waals surface area contributed by atoms with Gasteiger partial charge in [0.05, 0.1) is 30.5 Å². The summed E-state index contributed by atoms with van der Waals surface area (Å²) in [5.41, 5.74) is 2.32. The Bertz CT molecular complexity index is 1670. The molecule has 2 aromatic heterocycles. The Balaban J connectivity index is 1.19. The van der Waals surface area contributed by atoms with Crippen LogP contribution < -0.4 is 9.80 Å². The van der Waals surface area contributed by atoms with Crippen LogP contribution in [0.3, 0.4) is 0 Å². The lowest BCUT2D eigenvalue weighted by Gasteiger charge is -2.44. The molecule has 4 aliphatic rings. The fourth-order valence-corrected chi connectivity index (χ4v) is 9.73. The third-order valence-corrected chi connectivity index (χ3v) is 12.7. The van der Waals surface area contributed by atoms with Gasteiger partial charge in [-0.15, -0.1) is 11.3 Å². The molecule has 3 saturated heterocycles. The molecule has 3 aromatic rings. The number of carbonyl (C=O) groups is 2. The quantitative estimate of drug-likeness (QED) is 0.372. The highest BCUT2D eigenvalue weighted by molar-refractivity contribution is 7.89. The van der Waals surface area contributed by atoms with Crippen molar-refractivity contribution in [2.24, 2.45) is 5.92 Å². The number of pyridine rings is 1. The monoisotopic (exact) mass is 650 g/mol. The Morgan fingerprint density at radius 1 is 0.978 bits per heavy atom. The number of carboxylic acid groups (broad SMARTS) is 1. The van der Waals surface area contributed by atoms with Gasteiger partial charge < -0.3 is 19.6 Å². The summed E-state index contributed by atoms with van der Waals surface area (Å²) in [7, 11) is -4.03. The molecule has 3 aliphatic heterocycles. The lowest BCUT2D eigenvalue weighted by Crippen LogP contribution is -2.60. The van der Waals surface area contributed by atoms with Crippen molar-refractivity contribution >= 4 is 44.7 Å². The van der Waals surface area contributed by atoms with Crippen LogP contribution in [0.5, 0.6) is 0 Å². The van der Waals surface area contributed by atoms with Crippen LogP contribution >= 0.6 is 11.3 Å². The molecule has 3 unspecified atom stereocenters. The van der Waals surface area contributed by atoms with Gasteiger partial charge >= 0.3 is 5.97 Å². The molecule has 1 N–H and O–H groups in total. The van der Waals surface area contributed by atoms with E-state index >= 15 is 0 Å². The second-order valence-corrected chi connectivity index (χ2v) is 15.7. The van der Waals surface area contributed by atoms with Gasteiger partial charge in [0, 0.05) is 30.7 Å². The van der Waals surface area contributed by atoms with Crippen molar-refractivity contribution in [2.45, 2.75) is 75.0 Å². The number of thiophene rings is 1. The third kappa shape index (κ3) is 5.89. The highest BCUT2D eigenvalue weighted by Crippen LogP contribution is 2.42. The largest absolute Gasteiger partial charge is 0.477 e. The first-order valence-electron chi connectivity index (χ1n) is 15.8. The van der Waals surface area contributed by atoms with Crippen LogP contribution in [0.4, 0.5) is 11.5 Å². The van der Waals surface area contributed by atoms with Crippen LogP contribution in [0.2, 0.25) is 0 Å². The number of anilines is 2. The van der Waals surface area contributed by atoms with Crippen molar-refractivity contribution in [1.82, 2.24) is 9.29 Å². The van der Waals surface area contributed by atoms with Crippen molar-refractivity contribution < 1.29 is 27.9 Å². The summed E-state index contributed by atoms with van der Waals surface area (Å²) in [6, 6.07) is 12.5. The van der Waals surface area contributed by atoms with Crippen LogP contribution in [-0.2, 0) is 19.6 Å². The van der Waals surface area contributed by atoms with Crippen LogP contribution in [0.15, 0.2) is 53.6 Å². The van der Waals surface area contributed by atoms with E-state index in [4.69, 9.17) is 4.74 Å². The Hall–Kier alpha value is -3.32. The van der Waals surface area contributed by atoms with Gasteiger partial charge in [-0.3, -0.25) is 4.79 Å². The van der Waals surface area contributed by atoms with Gasteiger partial charge in [-0.2, -0.15) is 4.31 Å². The van der Waals surface area contributed by atoms with E-state index in [-0.39, 0.29) is 41.0 Å². The zero-order chi connectivity index (χ0) is 31.3. The highest BCUT2D eigenvalue weighted by atomic mass is 32.2. The van der Waals surface area contributed by atoms with E-state index in [1.165, 1.54) is 10.5 Å². The van der Waals surface area contributed by atoms with E-state index in [9.17, 15) is 23.1 Å².